The number of benzene rings is 5. The Kier molecular flexibility index (Phi) is 26.5. The van der Waals surface area contributed by atoms with Crippen LogP contribution in [-0.4, -0.2) is 120 Å². The first-order chi connectivity index (χ1) is 51.0. The Labute approximate surface area is 641 Å². The highest BCUT2D eigenvalue weighted by Gasteiger charge is 2.66. The van der Waals surface area contributed by atoms with Crippen molar-refractivity contribution in [3.8, 4) is 11.5 Å². The van der Waals surface area contributed by atoms with Gasteiger partial charge in [-0.25, -0.2) is 8.42 Å². The van der Waals surface area contributed by atoms with Crippen LogP contribution in [-0.2, 0) is 78.2 Å². The van der Waals surface area contributed by atoms with E-state index in [1.165, 1.54) is 45.7 Å². The van der Waals surface area contributed by atoms with Crippen LogP contribution in [0.2, 0.25) is 0 Å². The van der Waals surface area contributed by atoms with Crippen LogP contribution in [0.1, 0.15) is 219 Å². The Bertz CT molecular complexity index is 4120. The lowest BCUT2D eigenvalue weighted by Gasteiger charge is -2.60. The van der Waals surface area contributed by atoms with Crippen molar-refractivity contribution < 1.29 is 103 Å². The molecule has 19 nitrogen and oxygen atoms in total. The number of carbonyl (C=O) groups is 8. The number of rotatable bonds is 20. The first-order valence-electron chi connectivity index (χ1n) is 37.9. The lowest BCUT2D eigenvalue weighted by molar-refractivity contribution is -0.239. The number of esters is 6. The number of ketones is 2. The Morgan fingerprint density at radius 3 is 1.55 bits per heavy atom. The summed E-state index contributed by atoms with van der Waals surface area (Å²) in [6.07, 6.45) is 0.0173. The van der Waals surface area contributed by atoms with Crippen molar-refractivity contribution in [1.82, 2.24) is 0 Å². The van der Waals surface area contributed by atoms with Gasteiger partial charge in [0.15, 0.2) is 38.5 Å². The third-order valence-corrected chi connectivity index (χ3v) is 26.2. The second-order valence-corrected chi connectivity index (χ2v) is 36.6. The van der Waals surface area contributed by atoms with E-state index in [1.807, 2.05) is 55.4 Å². The monoisotopic (exact) mass is 1550 g/mol. The number of alkyl halides is 3. The van der Waals surface area contributed by atoms with Gasteiger partial charge in [-0.2, -0.15) is 13.2 Å². The summed E-state index contributed by atoms with van der Waals surface area (Å²) in [4.78, 5) is 103. The standard InChI is InChI=1S/C20H29F3O7S.C20H18O5.C18H15S.C14H26O2.C13H18O5/c1-4-17(2,3)15(24)30-19-8-12-5-13(9-19)7-18(6-12,11-19)16(25)29-14(20(21,22)23)10-31(26,27)28;1-4-20(2,3)19(24)25-14-10-9-13(21)15-16(14)18(23)12-8-6-5-7-11(12)17(15)22;1-4-10-16(11-5-1)19(17-12-6-2-7-13-17)18-14-8-3-9-15-18;1-6-14(4,5)13(15)16-12-9-7-8-11(12)10(2)3;1-4-13(2,3)12(15)18-9-7-5-6-8(16-7)10(9)17-11(6)14/h12-14H,4-11H2,1-3H3,(H,26,27,28);5-10,21H,4H2,1-3H3;1-15H;10-12H,6-9H2,1-5H3;6-10H,4-5H2,1-3H3/q;;+1;;/p-1. The van der Waals surface area contributed by atoms with Gasteiger partial charge in [0.1, 0.15) is 29.3 Å². The highest BCUT2D eigenvalue weighted by atomic mass is 32.2. The molecule has 3 aliphatic heterocycles. The number of phenolic OH excluding ortho intramolecular Hbond substituents is 1. The van der Waals surface area contributed by atoms with Crippen LogP contribution in [0.3, 0.4) is 0 Å². The number of ether oxygens (including phenoxy) is 7. The van der Waals surface area contributed by atoms with E-state index in [4.69, 9.17) is 28.4 Å². The average molecular weight is 1550 g/mol. The number of phenols is 1. The van der Waals surface area contributed by atoms with E-state index in [-0.39, 0.29) is 110 Å². The number of halogens is 3. The molecular weight excluding hydrogens is 1450 g/mol. The fraction of sp³-hybridized carbons (Fsp3) is 0.553. The fourth-order valence-electron chi connectivity index (χ4n) is 15.5. The van der Waals surface area contributed by atoms with Crippen LogP contribution in [0.5, 0.6) is 11.5 Å². The minimum absolute atomic E-state index is 0.00100. The zero-order chi connectivity index (χ0) is 80.1. The van der Waals surface area contributed by atoms with Crippen LogP contribution in [0.4, 0.5) is 13.2 Å². The second-order valence-electron chi connectivity index (χ2n) is 33.1. The summed E-state index contributed by atoms with van der Waals surface area (Å²) < 4.78 is 111. The quantitative estimate of drug-likeness (QED) is 0.0244. The first kappa shape index (κ1) is 85.1. The number of hydrogen-bond acceptors (Lipinski definition) is 19. The first-order valence-corrected chi connectivity index (χ1v) is 40.7. The van der Waals surface area contributed by atoms with Crippen molar-refractivity contribution in [2.45, 2.75) is 250 Å². The lowest BCUT2D eigenvalue weighted by Crippen LogP contribution is -2.61. The zero-order valence-corrected chi connectivity index (χ0v) is 66.5. The molecular formula is C85H105F3O19S2. The molecule has 0 aromatic heterocycles. The molecule has 9 aliphatic rings. The van der Waals surface area contributed by atoms with Crippen molar-refractivity contribution >= 4 is 68.4 Å². The van der Waals surface area contributed by atoms with Gasteiger partial charge >= 0.3 is 42.0 Å². The maximum Gasteiger partial charge on any atom is 0.426 e. The molecule has 5 aromatic rings. The second kappa shape index (κ2) is 34.0. The molecule has 5 saturated carbocycles. The largest absolute Gasteiger partial charge is 0.748 e. The molecule has 14 rings (SSSR count). The van der Waals surface area contributed by atoms with Gasteiger partial charge < -0.3 is 42.8 Å². The highest BCUT2D eigenvalue weighted by molar-refractivity contribution is 7.97. The maximum absolute atomic E-state index is 13.3. The lowest BCUT2D eigenvalue weighted by atomic mass is 9.48. The molecule has 8 fully saturated rings. The third-order valence-electron chi connectivity index (χ3n) is 23.3. The van der Waals surface area contributed by atoms with Gasteiger partial charge in [-0.15, -0.1) is 0 Å². The van der Waals surface area contributed by atoms with Crippen LogP contribution in [0, 0.1) is 56.7 Å². The Hall–Kier alpha value is -7.93. The molecule has 10 unspecified atom stereocenters. The molecule has 0 spiro atoms. The normalized spacial score (nSPS) is 25.1. The molecule has 3 saturated heterocycles. The summed E-state index contributed by atoms with van der Waals surface area (Å²) in [6, 6.07) is 41.2. The van der Waals surface area contributed by atoms with Gasteiger partial charge in [-0.1, -0.05) is 120 Å². The van der Waals surface area contributed by atoms with Crippen molar-refractivity contribution in [1.29, 1.82) is 0 Å². The van der Waals surface area contributed by atoms with Crippen LogP contribution in [0.15, 0.2) is 142 Å². The summed E-state index contributed by atoms with van der Waals surface area (Å²) in [5.74, 6) is -4.60. The van der Waals surface area contributed by atoms with E-state index in [2.05, 4.69) is 110 Å². The SMILES string of the molecule is CCC(C)(C)C(=O)OC12CC3CC(C1)CC(C(=O)OC(CS(=O)(=O)[O-])C(F)(F)F)(C3)C2.CCC(C)(C)C(=O)OC1C2CC3C(=O)OC1C3O2.CCC(C)(C)C(=O)OC1CCCC1C(C)C.CCC(C)(C)C(=O)Oc1ccc(O)c2c1C(=O)c1ccccc1C2=O.c1ccc([S+](c2ccccc2)c2ccccc2)cc1. The molecule has 109 heavy (non-hydrogen) atoms. The fourth-order valence-corrected chi connectivity index (χ4v) is 18.2. The van der Waals surface area contributed by atoms with E-state index < -0.39 is 97.1 Å². The van der Waals surface area contributed by atoms with Gasteiger partial charge in [0.2, 0.25) is 6.10 Å². The van der Waals surface area contributed by atoms with Gasteiger partial charge in [0.05, 0.1) is 77.0 Å². The Morgan fingerprint density at radius 2 is 1.07 bits per heavy atom. The summed E-state index contributed by atoms with van der Waals surface area (Å²) in [5.41, 5.74) is -4.25. The molecule has 0 amide bonds. The Morgan fingerprint density at radius 1 is 0.606 bits per heavy atom. The van der Waals surface area contributed by atoms with Crippen molar-refractivity contribution in [3.05, 3.63) is 150 Å². The van der Waals surface area contributed by atoms with E-state index in [0.29, 0.717) is 63.2 Å². The minimum atomic E-state index is -5.27. The Balaban J connectivity index is 0.000000160. The summed E-state index contributed by atoms with van der Waals surface area (Å²) in [5, 5.41) is 10.1. The molecule has 3 heterocycles. The summed E-state index contributed by atoms with van der Waals surface area (Å²) in [7, 11) is -5.29. The topological polar surface area (TPSA) is 279 Å². The highest BCUT2D eigenvalue weighted by Crippen LogP contribution is 2.64. The third kappa shape index (κ3) is 19.5. The molecule has 1 N–H and O–H groups in total. The average Bonchev–Trinajstić information content (AvgIpc) is 1.72. The van der Waals surface area contributed by atoms with Crippen molar-refractivity contribution in [2.24, 2.45) is 56.7 Å². The van der Waals surface area contributed by atoms with E-state index in [1.54, 1.807) is 45.9 Å². The molecule has 0 radical (unpaired) electrons. The van der Waals surface area contributed by atoms with Gasteiger partial charge in [0, 0.05) is 17.5 Å². The number of fused-ring (bicyclic) bond motifs is 3. The zero-order valence-electron chi connectivity index (χ0n) is 64.8. The number of carbonyl (C=O) groups excluding carboxylic acids is 8. The molecule has 592 valence electrons. The smallest absolute Gasteiger partial charge is 0.426 e. The molecule has 5 aromatic carbocycles. The molecule has 6 bridgehead atoms. The molecule has 6 aliphatic carbocycles. The minimum Gasteiger partial charge on any atom is -0.748 e. The van der Waals surface area contributed by atoms with Crippen molar-refractivity contribution in [2.75, 3.05) is 5.75 Å². The van der Waals surface area contributed by atoms with Gasteiger partial charge in [-0.05, 0) is 211 Å². The predicted molar refractivity (Wildman–Crippen MR) is 400 cm³/mol. The van der Waals surface area contributed by atoms with E-state index in [9.17, 15) is 69.6 Å². The molecule has 10 atom stereocenters. The number of aromatic hydroxyl groups is 1. The van der Waals surface area contributed by atoms with Gasteiger partial charge in [-0.3, -0.25) is 38.4 Å². The summed E-state index contributed by atoms with van der Waals surface area (Å²) in [6.45, 7) is 26.8. The van der Waals surface area contributed by atoms with Gasteiger partial charge in [0.25, 0.3) is 0 Å². The van der Waals surface area contributed by atoms with E-state index in [0.717, 1.165) is 19.3 Å². The predicted octanol–water partition coefficient (Wildman–Crippen LogP) is 16.5. The van der Waals surface area contributed by atoms with Crippen molar-refractivity contribution in [3.63, 3.8) is 0 Å². The number of hydrogen-bond donors (Lipinski definition) is 1. The van der Waals surface area contributed by atoms with Crippen LogP contribution < -0.4 is 4.74 Å². The van der Waals surface area contributed by atoms with E-state index >= 15 is 0 Å². The van der Waals surface area contributed by atoms with Crippen LogP contribution in [0.25, 0.3) is 0 Å². The molecule has 24 heteroatoms. The maximum atomic E-state index is 13.3. The van der Waals surface area contributed by atoms with Crippen LogP contribution >= 0.6 is 0 Å². The summed E-state index contributed by atoms with van der Waals surface area (Å²) >= 11 is 0.